The third-order valence-corrected chi connectivity index (χ3v) is 6.00. The number of aromatic nitrogens is 3. The molecule has 0 radical (unpaired) electrons. The second-order valence-corrected chi connectivity index (χ2v) is 8.80. The van der Waals surface area contributed by atoms with Crippen LogP contribution in [-0.2, 0) is 11.8 Å². The number of carbonyl (C=O) groups is 2. The first-order valence-corrected chi connectivity index (χ1v) is 11.4. The van der Waals surface area contributed by atoms with Crippen LogP contribution < -0.4 is 10.1 Å². The summed E-state index contributed by atoms with van der Waals surface area (Å²) in [6.07, 6.45) is -0.296. The molecule has 0 fully saturated rings. The molecule has 0 saturated heterocycles. The summed E-state index contributed by atoms with van der Waals surface area (Å²) in [5, 5.41) is 11.9. The van der Waals surface area contributed by atoms with Crippen molar-refractivity contribution in [1.29, 1.82) is 0 Å². The van der Waals surface area contributed by atoms with Crippen LogP contribution in [-0.4, -0.2) is 32.2 Å². The maximum atomic E-state index is 12.3. The molecule has 1 heterocycles. The van der Waals surface area contributed by atoms with Gasteiger partial charge in [0.05, 0.1) is 5.75 Å². The second kappa shape index (κ2) is 10.5. The molecule has 2 aromatic carbocycles. The van der Waals surface area contributed by atoms with Gasteiger partial charge in [-0.3, -0.25) is 9.59 Å². The molecule has 3 rings (SSSR count). The zero-order chi connectivity index (χ0) is 23.3. The van der Waals surface area contributed by atoms with E-state index >= 15 is 0 Å². The Morgan fingerprint density at radius 2 is 1.81 bits per heavy atom. The van der Waals surface area contributed by atoms with Gasteiger partial charge in [0.15, 0.2) is 22.9 Å². The lowest BCUT2D eigenvalue weighted by Gasteiger charge is -2.15. The molecule has 1 aromatic heterocycles. The van der Waals surface area contributed by atoms with Crippen molar-refractivity contribution in [2.75, 3.05) is 11.1 Å². The van der Waals surface area contributed by atoms with E-state index in [-0.39, 0.29) is 23.5 Å². The highest BCUT2D eigenvalue weighted by Crippen LogP contribution is 2.25. The highest BCUT2D eigenvalue weighted by atomic mass is 32.2. The van der Waals surface area contributed by atoms with Gasteiger partial charge in [0.1, 0.15) is 5.75 Å². The van der Waals surface area contributed by atoms with Crippen LogP contribution in [0.25, 0.3) is 0 Å². The van der Waals surface area contributed by atoms with Crippen LogP contribution in [0.2, 0.25) is 0 Å². The predicted molar refractivity (Wildman–Crippen MR) is 126 cm³/mol. The molecule has 0 bridgehead atoms. The van der Waals surface area contributed by atoms with Gasteiger partial charge in [0.2, 0.25) is 5.91 Å². The van der Waals surface area contributed by atoms with Crippen molar-refractivity contribution < 1.29 is 14.3 Å². The minimum Gasteiger partial charge on any atom is -0.483 e. The van der Waals surface area contributed by atoms with Gasteiger partial charge in [-0.2, -0.15) is 0 Å². The molecular weight excluding hydrogens is 424 g/mol. The van der Waals surface area contributed by atoms with Gasteiger partial charge in [-0.05, 0) is 49.6 Å². The number of thioether (sulfide) groups is 1. The van der Waals surface area contributed by atoms with Crippen molar-refractivity contribution >= 4 is 29.1 Å². The van der Waals surface area contributed by atoms with E-state index in [0.29, 0.717) is 28.1 Å². The fourth-order valence-corrected chi connectivity index (χ4v) is 3.86. The van der Waals surface area contributed by atoms with Gasteiger partial charge >= 0.3 is 0 Å². The third-order valence-electron chi connectivity index (χ3n) is 4.98. The average Bonchev–Trinajstić information content (AvgIpc) is 3.13. The first-order valence-electron chi connectivity index (χ1n) is 10.4. The van der Waals surface area contributed by atoms with Gasteiger partial charge in [-0.25, -0.2) is 0 Å². The van der Waals surface area contributed by atoms with E-state index in [0.717, 1.165) is 5.75 Å². The maximum absolute atomic E-state index is 12.3. The van der Waals surface area contributed by atoms with Gasteiger partial charge in [0.25, 0.3) is 0 Å². The number of ketones is 1. The van der Waals surface area contributed by atoms with E-state index in [1.165, 1.54) is 24.2 Å². The third kappa shape index (κ3) is 5.97. The number of hydrogen-bond acceptors (Lipinski definition) is 6. The zero-order valence-corrected chi connectivity index (χ0v) is 19.8. The van der Waals surface area contributed by atoms with Crippen molar-refractivity contribution in [1.82, 2.24) is 14.8 Å². The summed E-state index contributed by atoms with van der Waals surface area (Å²) < 4.78 is 7.86. The number of ether oxygens (including phenoxy) is 1. The van der Waals surface area contributed by atoms with Crippen LogP contribution >= 0.6 is 11.8 Å². The molecule has 8 heteroatoms. The van der Waals surface area contributed by atoms with Crippen LogP contribution in [0.3, 0.4) is 0 Å². The van der Waals surface area contributed by atoms with E-state index in [2.05, 4.69) is 41.5 Å². The predicted octanol–water partition coefficient (Wildman–Crippen LogP) is 5.01. The van der Waals surface area contributed by atoms with Crippen molar-refractivity contribution in [3.05, 3.63) is 65.5 Å². The normalized spacial score (nSPS) is 11.9. The van der Waals surface area contributed by atoms with Crippen LogP contribution in [0.15, 0.2) is 53.7 Å². The molecule has 0 spiro atoms. The number of rotatable bonds is 9. The minimum absolute atomic E-state index is 0.0470. The molecular formula is C24H28N4O3S. The average molecular weight is 453 g/mol. The summed E-state index contributed by atoms with van der Waals surface area (Å²) in [4.78, 5) is 23.8. The van der Waals surface area contributed by atoms with Gasteiger partial charge in [0, 0.05) is 18.3 Å². The number of Topliss-reactive ketones (excluding diaryl/α,β-unsaturated/α-hetero) is 1. The molecule has 0 saturated carbocycles. The molecule has 1 N–H and O–H groups in total. The first-order chi connectivity index (χ1) is 15.2. The fraction of sp³-hybridized carbons (Fsp3) is 0.333. The van der Waals surface area contributed by atoms with Crippen LogP contribution in [0.1, 0.15) is 61.5 Å². The summed E-state index contributed by atoms with van der Waals surface area (Å²) in [6.45, 7) is 7.72. The smallest absolute Gasteiger partial charge is 0.234 e. The topological polar surface area (TPSA) is 86.1 Å². The monoisotopic (exact) mass is 452 g/mol. The number of nitrogens with one attached hydrogen (secondary N) is 1. The highest BCUT2D eigenvalue weighted by Gasteiger charge is 2.18. The van der Waals surface area contributed by atoms with E-state index in [1.54, 1.807) is 24.3 Å². The number of nitrogens with zero attached hydrogens (tertiary/aromatic N) is 3. The molecule has 0 aliphatic rings. The molecule has 3 aromatic rings. The highest BCUT2D eigenvalue weighted by molar-refractivity contribution is 7.99. The van der Waals surface area contributed by atoms with Gasteiger partial charge in [-0.1, -0.05) is 49.9 Å². The molecule has 32 heavy (non-hydrogen) atoms. The number of hydrogen-bond donors (Lipinski definition) is 1. The standard InChI is InChI=1S/C24H28N4O3S/c1-15(2)18-9-11-21(12-10-18)31-17(4)23-26-27-24(28(23)5)32-14-22(30)25-20-8-6-7-19(13-20)16(3)29/h6-13,15,17H,14H2,1-5H3,(H,25,30). The molecule has 1 atom stereocenters. The van der Waals surface area contributed by atoms with E-state index in [1.807, 2.05) is 30.7 Å². The van der Waals surface area contributed by atoms with E-state index in [9.17, 15) is 9.59 Å². The Kier molecular flexibility index (Phi) is 7.69. The second-order valence-electron chi connectivity index (χ2n) is 7.86. The Bertz CT molecular complexity index is 1090. The van der Waals surface area contributed by atoms with E-state index < -0.39 is 0 Å². The minimum atomic E-state index is -0.296. The van der Waals surface area contributed by atoms with Crippen molar-refractivity contribution in [2.24, 2.45) is 7.05 Å². The molecule has 168 valence electrons. The summed E-state index contributed by atoms with van der Waals surface area (Å²) in [5.41, 5.74) is 2.40. The number of anilines is 1. The lowest BCUT2D eigenvalue weighted by Crippen LogP contribution is -2.15. The molecule has 0 aliphatic carbocycles. The fourth-order valence-electron chi connectivity index (χ4n) is 3.14. The Morgan fingerprint density at radius 3 is 2.47 bits per heavy atom. The van der Waals surface area contributed by atoms with Crippen LogP contribution in [0.5, 0.6) is 5.75 Å². The van der Waals surface area contributed by atoms with Crippen molar-refractivity contribution in [3.63, 3.8) is 0 Å². The summed E-state index contributed by atoms with van der Waals surface area (Å²) in [7, 11) is 1.85. The van der Waals surface area contributed by atoms with Crippen LogP contribution in [0, 0.1) is 0 Å². The lowest BCUT2D eigenvalue weighted by atomic mass is 10.0. The number of carbonyl (C=O) groups excluding carboxylic acids is 2. The van der Waals surface area contributed by atoms with Crippen LogP contribution in [0.4, 0.5) is 5.69 Å². The quantitative estimate of drug-likeness (QED) is 0.363. The molecule has 0 aliphatic heterocycles. The van der Waals surface area contributed by atoms with Crippen molar-refractivity contribution in [2.45, 2.75) is 44.9 Å². The summed E-state index contributed by atoms with van der Waals surface area (Å²) >= 11 is 1.29. The van der Waals surface area contributed by atoms with Gasteiger partial charge < -0.3 is 14.6 Å². The largest absolute Gasteiger partial charge is 0.483 e. The summed E-state index contributed by atoms with van der Waals surface area (Å²) in [6, 6.07) is 14.9. The number of benzene rings is 2. The molecule has 1 amide bonds. The zero-order valence-electron chi connectivity index (χ0n) is 19.0. The van der Waals surface area contributed by atoms with Crippen molar-refractivity contribution in [3.8, 4) is 5.75 Å². The van der Waals surface area contributed by atoms with E-state index in [4.69, 9.17) is 4.74 Å². The number of amides is 1. The Balaban J connectivity index is 1.57. The molecule has 7 nitrogen and oxygen atoms in total. The SMILES string of the molecule is CC(=O)c1cccc(NC(=O)CSc2nnc(C(C)Oc3ccc(C(C)C)cc3)n2C)c1. The maximum Gasteiger partial charge on any atom is 0.234 e. The Labute approximate surface area is 192 Å². The van der Waals surface area contributed by atoms with Gasteiger partial charge in [-0.15, -0.1) is 10.2 Å². The Hall–Kier alpha value is -3.13. The first kappa shape index (κ1) is 23.5. The molecule has 1 unspecified atom stereocenters. The summed E-state index contributed by atoms with van der Waals surface area (Å²) in [5.74, 6) is 1.85. The lowest BCUT2D eigenvalue weighted by molar-refractivity contribution is -0.113. The Morgan fingerprint density at radius 1 is 1.09 bits per heavy atom.